The van der Waals surface area contributed by atoms with E-state index in [1.807, 2.05) is 6.92 Å². The fourth-order valence-electron chi connectivity index (χ4n) is 2.15. The Morgan fingerprint density at radius 2 is 1.44 bits per heavy atom. The molecule has 0 aliphatic rings. The summed E-state index contributed by atoms with van der Waals surface area (Å²) in [5, 5.41) is 0. The normalized spacial score (nSPS) is 10.8. The maximum absolute atomic E-state index is 5.98. The minimum Gasteiger partial charge on any atom is -0.398 e. The Balaban J connectivity index is 2.69. The number of nitrogens with zero attached hydrogens (tertiary/aromatic N) is 1. The summed E-state index contributed by atoms with van der Waals surface area (Å²) < 4.78 is 2.24. The van der Waals surface area contributed by atoms with E-state index in [9.17, 15) is 0 Å². The SMILES string of the molecule is Cc1cc(C)c(-n2c(C)ccc2C)cc1N. The summed E-state index contributed by atoms with van der Waals surface area (Å²) in [6, 6.07) is 8.46. The highest BCUT2D eigenvalue weighted by Crippen LogP contribution is 2.24. The lowest BCUT2D eigenvalue weighted by Gasteiger charge is -2.14. The molecule has 16 heavy (non-hydrogen) atoms. The molecule has 2 aromatic rings. The van der Waals surface area contributed by atoms with Gasteiger partial charge in [-0.2, -0.15) is 0 Å². The van der Waals surface area contributed by atoms with Crippen LogP contribution in [-0.4, -0.2) is 4.57 Å². The topological polar surface area (TPSA) is 30.9 Å². The van der Waals surface area contributed by atoms with Crippen LogP contribution < -0.4 is 5.73 Å². The van der Waals surface area contributed by atoms with E-state index in [4.69, 9.17) is 5.73 Å². The second-order valence-electron chi connectivity index (χ2n) is 4.45. The Morgan fingerprint density at radius 3 is 2.00 bits per heavy atom. The summed E-state index contributed by atoms with van der Waals surface area (Å²) in [6.45, 7) is 8.40. The molecule has 0 spiro atoms. The Labute approximate surface area is 96.7 Å². The van der Waals surface area contributed by atoms with Crippen molar-refractivity contribution in [3.05, 3.63) is 46.8 Å². The van der Waals surface area contributed by atoms with E-state index in [1.165, 1.54) is 22.6 Å². The zero-order chi connectivity index (χ0) is 11.9. The molecule has 1 heterocycles. The molecule has 1 aromatic carbocycles. The van der Waals surface area contributed by atoms with Gasteiger partial charge in [0.05, 0.1) is 5.69 Å². The number of hydrogen-bond acceptors (Lipinski definition) is 1. The van der Waals surface area contributed by atoms with Crippen LogP contribution in [0.15, 0.2) is 24.3 Å². The first kappa shape index (κ1) is 10.8. The highest BCUT2D eigenvalue weighted by Gasteiger charge is 2.08. The van der Waals surface area contributed by atoms with Crippen LogP contribution in [-0.2, 0) is 0 Å². The molecular formula is C14H18N2. The number of aromatic nitrogens is 1. The first-order valence-corrected chi connectivity index (χ1v) is 5.52. The molecule has 1 aromatic heterocycles. The number of nitrogen functional groups attached to an aromatic ring is 1. The van der Waals surface area contributed by atoms with Gasteiger partial charge in [-0.15, -0.1) is 0 Å². The highest BCUT2D eigenvalue weighted by molar-refractivity contribution is 5.58. The van der Waals surface area contributed by atoms with Crippen molar-refractivity contribution in [2.45, 2.75) is 27.7 Å². The predicted molar refractivity (Wildman–Crippen MR) is 69.1 cm³/mol. The number of nitrogens with two attached hydrogens (primary N) is 1. The maximum Gasteiger partial charge on any atom is 0.0504 e. The van der Waals surface area contributed by atoms with Crippen LogP contribution >= 0.6 is 0 Å². The molecule has 0 bridgehead atoms. The third-order valence-corrected chi connectivity index (χ3v) is 3.10. The third kappa shape index (κ3) is 1.60. The van der Waals surface area contributed by atoms with E-state index in [2.05, 4.69) is 49.6 Å². The van der Waals surface area contributed by atoms with Crippen molar-refractivity contribution in [3.8, 4) is 5.69 Å². The lowest BCUT2D eigenvalue weighted by molar-refractivity contribution is 0.954. The Hall–Kier alpha value is -1.70. The Morgan fingerprint density at radius 1 is 0.875 bits per heavy atom. The summed E-state index contributed by atoms with van der Waals surface area (Å²) in [5.41, 5.74) is 12.9. The summed E-state index contributed by atoms with van der Waals surface area (Å²) >= 11 is 0. The first-order chi connectivity index (χ1) is 7.50. The largest absolute Gasteiger partial charge is 0.398 e. The number of hydrogen-bond donors (Lipinski definition) is 1. The summed E-state index contributed by atoms with van der Waals surface area (Å²) in [7, 11) is 0. The van der Waals surface area contributed by atoms with Gasteiger partial charge in [-0.05, 0) is 57.0 Å². The number of aryl methyl sites for hydroxylation is 4. The van der Waals surface area contributed by atoms with Gasteiger partial charge in [-0.1, -0.05) is 6.07 Å². The van der Waals surface area contributed by atoms with Crippen LogP contribution in [0.1, 0.15) is 22.5 Å². The molecule has 2 nitrogen and oxygen atoms in total. The van der Waals surface area contributed by atoms with Crippen LogP contribution in [0, 0.1) is 27.7 Å². The smallest absolute Gasteiger partial charge is 0.0504 e. The highest BCUT2D eigenvalue weighted by atomic mass is 15.0. The Bertz CT molecular complexity index is 516. The summed E-state index contributed by atoms with van der Waals surface area (Å²) in [5.74, 6) is 0. The van der Waals surface area contributed by atoms with Crippen LogP contribution in [0.25, 0.3) is 5.69 Å². The molecule has 0 unspecified atom stereocenters. The average molecular weight is 214 g/mol. The monoisotopic (exact) mass is 214 g/mol. The molecule has 2 N–H and O–H groups in total. The van der Waals surface area contributed by atoms with Gasteiger partial charge in [0.15, 0.2) is 0 Å². The molecular weight excluding hydrogens is 196 g/mol. The van der Waals surface area contributed by atoms with Crippen molar-refractivity contribution in [1.29, 1.82) is 0 Å². The molecule has 0 amide bonds. The fraction of sp³-hybridized carbons (Fsp3) is 0.286. The zero-order valence-electron chi connectivity index (χ0n) is 10.3. The van der Waals surface area contributed by atoms with E-state index >= 15 is 0 Å². The van der Waals surface area contributed by atoms with E-state index in [0.29, 0.717) is 0 Å². The maximum atomic E-state index is 5.98. The van der Waals surface area contributed by atoms with Gasteiger partial charge in [0, 0.05) is 17.1 Å². The second-order valence-corrected chi connectivity index (χ2v) is 4.45. The minimum atomic E-state index is 0.855. The first-order valence-electron chi connectivity index (χ1n) is 5.52. The van der Waals surface area contributed by atoms with Crippen molar-refractivity contribution in [3.63, 3.8) is 0 Å². The van der Waals surface area contributed by atoms with Gasteiger partial charge in [-0.3, -0.25) is 0 Å². The van der Waals surface area contributed by atoms with E-state index < -0.39 is 0 Å². The van der Waals surface area contributed by atoms with Crippen molar-refractivity contribution in [2.24, 2.45) is 0 Å². The minimum absolute atomic E-state index is 0.855. The van der Waals surface area contributed by atoms with Crippen LogP contribution in [0.2, 0.25) is 0 Å². The van der Waals surface area contributed by atoms with Gasteiger partial charge >= 0.3 is 0 Å². The molecule has 0 saturated heterocycles. The van der Waals surface area contributed by atoms with Gasteiger partial charge in [0.25, 0.3) is 0 Å². The molecule has 0 fully saturated rings. The van der Waals surface area contributed by atoms with E-state index in [0.717, 1.165) is 11.3 Å². The standard InChI is InChI=1S/C14H18N2/c1-9-7-10(2)14(8-13(9)15)16-11(3)5-6-12(16)4/h5-8H,15H2,1-4H3. The average Bonchev–Trinajstić information content (AvgIpc) is 2.53. The zero-order valence-corrected chi connectivity index (χ0v) is 10.3. The number of rotatable bonds is 1. The molecule has 2 rings (SSSR count). The molecule has 0 aliphatic heterocycles. The Kier molecular flexibility index (Phi) is 2.50. The van der Waals surface area contributed by atoms with Crippen LogP contribution in [0.5, 0.6) is 0 Å². The second kappa shape index (κ2) is 3.71. The third-order valence-electron chi connectivity index (χ3n) is 3.10. The molecule has 2 heteroatoms. The van der Waals surface area contributed by atoms with Crippen molar-refractivity contribution in [2.75, 3.05) is 5.73 Å². The quantitative estimate of drug-likeness (QED) is 0.725. The predicted octanol–water partition coefficient (Wildman–Crippen LogP) is 3.29. The summed E-state index contributed by atoms with van der Waals surface area (Å²) in [6.07, 6.45) is 0. The van der Waals surface area contributed by atoms with Crippen molar-refractivity contribution >= 4 is 5.69 Å². The van der Waals surface area contributed by atoms with Gasteiger partial charge in [0.1, 0.15) is 0 Å². The van der Waals surface area contributed by atoms with Crippen LogP contribution in [0.4, 0.5) is 5.69 Å². The van der Waals surface area contributed by atoms with Gasteiger partial charge in [0.2, 0.25) is 0 Å². The van der Waals surface area contributed by atoms with Gasteiger partial charge in [-0.25, -0.2) is 0 Å². The van der Waals surface area contributed by atoms with Crippen molar-refractivity contribution in [1.82, 2.24) is 4.57 Å². The van der Waals surface area contributed by atoms with E-state index in [1.54, 1.807) is 0 Å². The lowest BCUT2D eigenvalue weighted by atomic mass is 10.1. The van der Waals surface area contributed by atoms with Crippen LogP contribution in [0.3, 0.4) is 0 Å². The molecule has 84 valence electrons. The number of benzene rings is 1. The molecule has 0 saturated carbocycles. The molecule has 0 radical (unpaired) electrons. The van der Waals surface area contributed by atoms with Gasteiger partial charge < -0.3 is 10.3 Å². The number of anilines is 1. The lowest BCUT2D eigenvalue weighted by Crippen LogP contribution is -2.03. The van der Waals surface area contributed by atoms with E-state index in [-0.39, 0.29) is 0 Å². The summed E-state index contributed by atoms with van der Waals surface area (Å²) in [4.78, 5) is 0. The molecule has 0 atom stereocenters. The fourth-order valence-corrected chi connectivity index (χ4v) is 2.15. The molecule has 0 aliphatic carbocycles. The van der Waals surface area contributed by atoms with Crippen molar-refractivity contribution < 1.29 is 0 Å².